The van der Waals surface area contributed by atoms with Crippen LogP contribution in [0.1, 0.15) is 48.5 Å². The Morgan fingerprint density at radius 2 is 1.58 bits per heavy atom. The van der Waals surface area contributed by atoms with Crippen LogP contribution < -0.4 is 5.32 Å². The number of hydrogen-bond donors (Lipinski definition) is 2. The van der Waals surface area contributed by atoms with Crippen molar-refractivity contribution in [1.82, 2.24) is 5.32 Å². The molecule has 0 unspecified atom stereocenters. The Labute approximate surface area is 129 Å². The van der Waals surface area contributed by atoms with Crippen LogP contribution in [-0.2, 0) is 0 Å². The van der Waals surface area contributed by atoms with E-state index < -0.39 is 0 Å². The van der Waals surface area contributed by atoms with E-state index in [-0.39, 0.29) is 11.0 Å². The summed E-state index contributed by atoms with van der Waals surface area (Å²) in [5.74, 6) is 0.736. The first-order valence-corrected chi connectivity index (χ1v) is 7.98. The first-order valence-electron chi connectivity index (χ1n) is 6.54. The van der Waals surface area contributed by atoms with Gasteiger partial charge in [-0.25, -0.2) is 0 Å². The molecule has 0 aromatic carbocycles. The first-order chi connectivity index (χ1) is 8.38. The topological polar surface area (TPSA) is 12.0 Å². The molecule has 3 heteroatoms. The molecule has 0 aromatic rings. The molecule has 0 atom stereocenters. The SMILES string of the molecule is C=C(NC(C)(C)C)S/C(C(=C)C(C)(C)C)=C(\C)CS. The molecule has 1 N–H and O–H groups in total. The monoisotopic (exact) mass is 299 g/mol. The van der Waals surface area contributed by atoms with E-state index in [2.05, 4.69) is 79.6 Å². The van der Waals surface area contributed by atoms with Gasteiger partial charge >= 0.3 is 0 Å². The second kappa shape index (κ2) is 6.94. The number of thiol groups is 1. The van der Waals surface area contributed by atoms with Gasteiger partial charge in [-0.3, -0.25) is 0 Å². The lowest BCUT2D eigenvalue weighted by atomic mass is 9.86. The maximum atomic E-state index is 4.39. The van der Waals surface area contributed by atoms with Crippen molar-refractivity contribution >= 4 is 24.4 Å². The highest BCUT2D eigenvalue weighted by Crippen LogP contribution is 2.40. The molecule has 0 aromatic heterocycles. The zero-order chi connectivity index (χ0) is 15.4. The molecule has 19 heavy (non-hydrogen) atoms. The molecule has 0 amide bonds. The molecule has 0 saturated heterocycles. The minimum atomic E-state index is 0.0210. The Morgan fingerprint density at radius 1 is 1.11 bits per heavy atom. The van der Waals surface area contributed by atoms with Gasteiger partial charge < -0.3 is 5.32 Å². The molecule has 0 rings (SSSR count). The van der Waals surface area contributed by atoms with Gasteiger partial charge in [0.05, 0.1) is 5.03 Å². The van der Waals surface area contributed by atoms with Crippen molar-refractivity contribution in [3.8, 4) is 0 Å². The number of hydrogen-bond acceptors (Lipinski definition) is 3. The van der Waals surface area contributed by atoms with Crippen LogP contribution in [0.4, 0.5) is 0 Å². The maximum absolute atomic E-state index is 4.39. The Kier molecular flexibility index (Phi) is 6.84. The van der Waals surface area contributed by atoms with Crippen molar-refractivity contribution in [2.45, 2.75) is 54.0 Å². The normalized spacial score (nSPS) is 13.9. The summed E-state index contributed by atoms with van der Waals surface area (Å²) >= 11 is 6.06. The fourth-order valence-corrected chi connectivity index (χ4v) is 2.93. The summed E-state index contributed by atoms with van der Waals surface area (Å²) < 4.78 is 0. The third kappa shape index (κ3) is 7.17. The van der Waals surface area contributed by atoms with Crippen LogP contribution in [0.3, 0.4) is 0 Å². The van der Waals surface area contributed by atoms with Crippen molar-refractivity contribution in [1.29, 1.82) is 0 Å². The molecule has 0 aliphatic heterocycles. The molecule has 0 aliphatic rings. The van der Waals surface area contributed by atoms with E-state index in [1.165, 1.54) is 10.5 Å². The largest absolute Gasteiger partial charge is 0.375 e. The van der Waals surface area contributed by atoms with E-state index in [1.54, 1.807) is 11.8 Å². The van der Waals surface area contributed by atoms with E-state index in [0.717, 1.165) is 16.4 Å². The van der Waals surface area contributed by atoms with E-state index in [9.17, 15) is 0 Å². The quantitative estimate of drug-likeness (QED) is 0.522. The van der Waals surface area contributed by atoms with Gasteiger partial charge in [0.2, 0.25) is 0 Å². The highest BCUT2D eigenvalue weighted by atomic mass is 32.2. The van der Waals surface area contributed by atoms with Crippen LogP contribution in [0.15, 0.2) is 34.2 Å². The predicted molar refractivity (Wildman–Crippen MR) is 94.8 cm³/mol. The zero-order valence-corrected chi connectivity index (χ0v) is 15.2. The van der Waals surface area contributed by atoms with Crippen molar-refractivity contribution in [2.24, 2.45) is 5.41 Å². The standard InChI is InChI=1S/C16H29NS2/c1-11(10-18)14(12(2)15(4,5)6)19-13(3)17-16(7,8)9/h17-18H,2-3,10H2,1,4-9H3/b14-11+. The van der Waals surface area contributed by atoms with Crippen LogP contribution in [0, 0.1) is 5.41 Å². The highest BCUT2D eigenvalue weighted by Gasteiger charge is 2.22. The van der Waals surface area contributed by atoms with E-state index in [4.69, 9.17) is 0 Å². The molecule has 0 spiro atoms. The lowest BCUT2D eigenvalue weighted by Gasteiger charge is -2.28. The zero-order valence-electron chi connectivity index (χ0n) is 13.5. The molecule has 0 aliphatic carbocycles. The maximum Gasteiger partial charge on any atom is 0.0660 e. The summed E-state index contributed by atoms with van der Waals surface area (Å²) in [7, 11) is 0. The highest BCUT2D eigenvalue weighted by molar-refractivity contribution is 8.06. The number of nitrogens with one attached hydrogen (secondary N) is 1. The van der Waals surface area contributed by atoms with Gasteiger partial charge in [0.15, 0.2) is 0 Å². The van der Waals surface area contributed by atoms with Crippen molar-refractivity contribution in [3.63, 3.8) is 0 Å². The van der Waals surface area contributed by atoms with Crippen LogP contribution >= 0.6 is 24.4 Å². The summed E-state index contributed by atoms with van der Waals surface area (Å²) in [5, 5.41) is 4.36. The lowest BCUT2D eigenvalue weighted by Crippen LogP contribution is -2.33. The van der Waals surface area contributed by atoms with Crippen LogP contribution in [0.5, 0.6) is 0 Å². The Bertz CT molecular complexity index is 379. The van der Waals surface area contributed by atoms with Gasteiger partial charge in [-0.1, -0.05) is 45.7 Å². The van der Waals surface area contributed by atoms with Gasteiger partial charge in [0, 0.05) is 16.2 Å². The van der Waals surface area contributed by atoms with Crippen molar-refractivity contribution < 1.29 is 0 Å². The number of rotatable bonds is 5. The lowest BCUT2D eigenvalue weighted by molar-refractivity contribution is 0.487. The minimum Gasteiger partial charge on any atom is -0.375 e. The van der Waals surface area contributed by atoms with Gasteiger partial charge in [0.25, 0.3) is 0 Å². The van der Waals surface area contributed by atoms with Gasteiger partial charge in [-0.2, -0.15) is 12.6 Å². The fourth-order valence-electron chi connectivity index (χ4n) is 1.39. The van der Waals surface area contributed by atoms with Crippen LogP contribution in [0.25, 0.3) is 0 Å². The Morgan fingerprint density at radius 3 is 1.89 bits per heavy atom. The predicted octanol–water partition coefficient (Wildman–Crippen LogP) is 5.39. The summed E-state index contributed by atoms with van der Waals surface area (Å²) in [6, 6.07) is 0. The summed E-state index contributed by atoms with van der Waals surface area (Å²) in [5.41, 5.74) is 2.45. The van der Waals surface area contributed by atoms with Crippen LogP contribution in [0.2, 0.25) is 0 Å². The number of thioether (sulfide) groups is 1. The Hall–Kier alpha value is -0.280. The van der Waals surface area contributed by atoms with Crippen molar-refractivity contribution in [3.05, 3.63) is 34.2 Å². The first kappa shape index (κ1) is 18.7. The molecule has 0 fully saturated rings. The van der Waals surface area contributed by atoms with Crippen molar-refractivity contribution in [2.75, 3.05) is 5.75 Å². The molecular weight excluding hydrogens is 270 g/mol. The molecule has 0 saturated carbocycles. The second-order valence-electron chi connectivity index (χ2n) is 6.90. The molecule has 0 heterocycles. The van der Waals surface area contributed by atoms with Gasteiger partial charge in [-0.15, -0.1) is 0 Å². The van der Waals surface area contributed by atoms with Gasteiger partial charge in [0.1, 0.15) is 0 Å². The van der Waals surface area contributed by atoms with Gasteiger partial charge in [-0.05, 0) is 44.3 Å². The Balaban J connectivity index is 5.14. The summed E-state index contributed by atoms with van der Waals surface area (Å²) in [6.45, 7) is 23.4. The van der Waals surface area contributed by atoms with E-state index in [0.29, 0.717) is 0 Å². The van der Waals surface area contributed by atoms with E-state index in [1.807, 2.05) is 0 Å². The third-order valence-corrected chi connectivity index (χ3v) is 4.17. The average Bonchev–Trinajstić information content (AvgIpc) is 2.20. The van der Waals surface area contributed by atoms with E-state index >= 15 is 0 Å². The summed E-state index contributed by atoms with van der Waals surface area (Å²) in [4.78, 5) is 1.20. The average molecular weight is 300 g/mol. The molecule has 0 radical (unpaired) electrons. The number of allylic oxidation sites excluding steroid dienone is 1. The second-order valence-corrected chi connectivity index (χ2v) is 8.32. The molecule has 0 bridgehead atoms. The summed E-state index contributed by atoms with van der Waals surface area (Å²) in [6.07, 6.45) is 0. The van der Waals surface area contributed by atoms with Crippen LogP contribution in [-0.4, -0.2) is 11.3 Å². The molecular formula is C16H29NS2. The molecule has 110 valence electrons. The third-order valence-electron chi connectivity index (χ3n) is 2.54. The smallest absolute Gasteiger partial charge is 0.0660 e. The minimum absolute atomic E-state index is 0.0210. The fraction of sp³-hybridized carbons (Fsp3) is 0.625. The molecule has 1 nitrogen and oxygen atoms in total.